The number of hydrogen-bond donors (Lipinski definition) is 2. The third-order valence-electron chi connectivity index (χ3n) is 5.10. The summed E-state index contributed by atoms with van der Waals surface area (Å²) in [6, 6.07) is 16.5. The van der Waals surface area contributed by atoms with Gasteiger partial charge in [-0.1, -0.05) is 24.3 Å². The molecule has 1 saturated heterocycles. The Bertz CT molecular complexity index is 686. The van der Waals surface area contributed by atoms with E-state index >= 15 is 0 Å². The Kier molecular flexibility index (Phi) is 7.04. The Labute approximate surface area is 161 Å². The van der Waals surface area contributed by atoms with E-state index in [1.807, 2.05) is 36.5 Å². The number of benzene rings is 1. The van der Waals surface area contributed by atoms with E-state index in [1.165, 1.54) is 10.6 Å². The van der Waals surface area contributed by atoms with E-state index < -0.39 is 0 Å². The van der Waals surface area contributed by atoms with Crippen molar-refractivity contribution in [2.24, 2.45) is 0 Å². The number of para-hydroxylation sites is 1. The number of H-pyrrole nitrogens is 1. The van der Waals surface area contributed by atoms with Crippen LogP contribution in [-0.4, -0.2) is 58.8 Å². The standard InChI is InChI=1S/C21H29N5O/c1-24(19-8-3-2-4-9-19)13-7-12-23-21(27)18-25-14-16-26(17-15-25)20-10-5-6-11-22-20/h2-6,8-11H,7,12-18H2,1H3,(H,23,27)/p+2. The summed E-state index contributed by atoms with van der Waals surface area (Å²) in [6.45, 7) is 6.18. The molecule has 0 spiro atoms. The normalized spacial score (nSPS) is 14.8. The van der Waals surface area contributed by atoms with E-state index in [4.69, 9.17) is 0 Å². The number of carbonyl (C=O) groups excluding carboxylic acids is 1. The third-order valence-corrected chi connectivity index (χ3v) is 5.10. The van der Waals surface area contributed by atoms with Crippen LogP contribution < -0.4 is 25.0 Å². The lowest BCUT2D eigenvalue weighted by Gasteiger charge is -2.27. The molecule has 0 bridgehead atoms. The average molecular weight is 370 g/mol. The molecule has 0 atom stereocenters. The number of amides is 1. The highest BCUT2D eigenvalue weighted by molar-refractivity contribution is 5.76. The SMILES string of the molecule is CN(CCCNC(=O)C[NH+]1CCN(c2cccc[nH+]2)CC1)c1ccccc1. The number of aromatic nitrogens is 1. The minimum atomic E-state index is 0.159. The summed E-state index contributed by atoms with van der Waals surface area (Å²) in [5, 5.41) is 3.07. The first kappa shape index (κ1) is 19.2. The Hall–Kier alpha value is -2.60. The Morgan fingerprint density at radius 1 is 1.15 bits per heavy atom. The molecule has 144 valence electrons. The number of quaternary nitrogens is 1. The second kappa shape index (κ2) is 9.92. The molecular formula is C21H31N5O+2. The molecule has 0 radical (unpaired) electrons. The molecular weight excluding hydrogens is 338 g/mol. The van der Waals surface area contributed by atoms with Gasteiger partial charge in [0, 0.05) is 31.9 Å². The molecule has 0 aliphatic carbocycles. The third kappa shape index (κ3) is 5.96. The van der Waals surface area contributed by atoms with Crippen molar-refractivity contribution in [1.82, 2.24) is 5.32 Å². The second-order valence-corrected chi connectivity index (χ2v) is 7.12. The van der Waals surface area contributed by atoms with Gasteiger partial charge < -0.3 is 15.1 Å². The zero-order chi connectivity index (χ0) is 18.9. The van der Waals surface area contributed by atoms with Gasteiger partial charge in [-0.05, 0) is 24.6 Å². The van der Waals surface area contributed by atoms with Gasteiger partial charge >= 0.3 is 0 Å². The number of nitrogens with zero attached hydrogens (tertiary/aromatic N) is 2. The van der Waals surface area contributed by atoms with Gasteiger partial charge in [0.25, 0.3) is 11.7 Å². The predicted octanol–water partition coefficient (Wildman–Crippen LogP) is -0.152. The van der Waals surface area contributed by atoms with E-state index in [-0.39, 0.29) is 5.91 Å². The largest absolute Gasteiger partial charge is 0.375 e. The van der Waals surface area contributed by atoms with Gasteiger partial charge in [0.1, 0.15) is 26.2 Å². The number of rotatable bonds is 8. The van der Waals surface area contributed by atoms with Crippen LogP contribution in [-0.2, 0) is 4.79 Å². The lowest BCUT2D eigenvalue weighted by Crippen LogP contribution is -3.16. The number of hydrogen-bond acceptors (Lipinski definition) is 3. The topological polar surface area (TPSA) is 54.2 Å². The quantitative estimate of drug-likeness (QED) is 0.637. The van der Waals surface area contributed by atoms with Crippen LogP contribution in [0.5, 0.6) is 0 Å². The van der Waals surface area contributed by atoms with Crippen molar-refractivity contribution in [2.75, 3.05) is 62.7 Å². The first-order valence-corrected chi connectivity index (χ1v) is 9.80. The zero-order valence-electron chi connectivity index (χ0n) is 16.2. The van der Waals surface area contributed by atoms with Crippen LogP contribution in [0.15, 0.2) is 54.7 Å². The minimum Gasteiger partial charge on any atom is -0.375 e. The summed E-state index contributed by atoms with van der Waals surface area (Å²) in [5.41, 5.74) is 1.21. The van der Waals surface area contributed by atoms with Crippen LogP contribution >= 0.6 is 0 Å². The number of piperazine rings is 1. The maximum Gasteiger partial charge on any atom is 0.275 e. The van der Waals surface area contributed by atoms with Crippen molar-refractivity contribution >= 4 is 17.4 Å². The second-order valence-electron chi connectivity index (χ2n) is 7.12. The number of pyridine rings is 1. The maximum atomic E-state index is 12.2. The van der Waals surface area contributed by atoms with Crippen LogP contribution in [0, 0.1) is 0 Å². The van der Waals surface area contributed by atoms with Gasteiger partial charge in [0.2, 0.25) is 0 Å². The Morgan fingerprint density at radius 2 is 1.89 bits per heavy atom. The molecule has 0 unspecified atom stereocenters. The van der Waals surface area contributed by atoms with Gasteiger partial charge in [-0.15, -0.1) is 0 Å². The first-order chi connectivity index (χ1) is 13.2. The summed E-state index contributed by atoms with van der Waals surface area (Å²) >= 11 is 0. The molecule has 27 heavy (non-hydrogen) atoms. The average Bonchev–Trinajstić information content (AvgIpc) is 2.73. The van der Waals surface area contributed by atoms with E-state index in [9.17, 15) is 4.79 Å². The van der Waals surface area contributed by atoms with Crippen LogP contribution in [0.3, 0.4) is 0 Å². The van der Waals surface area contributed by atoms with Crippen LogP contribution in [0.2, 0.25) is 0 Å². The van der Waals surface area contributed by atoms with Crippen LogP contribution in [0.1, 0.15) is 6.42 Å². The van der Waals surface area contributed by atoms with Gasteiger partial charge in [-0.2, -0.15) is 0 Å². The number of aromatic amines is 1. The molecule has 0 saturated carbocycles. The highest BCUT2D eigenvalue weighted by Gasteiger charge is 2.26. The maximum absolute atomic E-state index is 12.2. The fraction of sp³-hybridized carbons (Fsp3) is 0.429. The Morgan fingerprint density at radius 3 is 2.59 bits per heavy atom. The molecule has 1 aromatic carbocycles. The molecule has 3 rings (SSSR count). The summed E-state index contributed by atoms with van der Waals surface area (Å²) in [5.74, 6) is 1.32. The van der Waals surface area contributed by atoms with E-state index in [0.29, 0.717) is 6.54 Å². The first-order valence-electron chi connectivity index (χ1n) is 9.80. The van der Waals surface area contributed by atoms with Crippen LogP contribution in [0.25, 0.3) is 0 Å². The number of anilines is 2. The molecule has 6 heteroatoms. The smallest absolute Gasteiger partial charge is 0.275 e. The van der Waals surface area contributed by atoms with Crippen molar-refractivity contribution < 1.29 is 14.7 Å². The van der Waals surface area contributed by atoms with Gasteiger partial charge in [-0.3, -0.25) is 9.69 Å². The van der Waals surface area contributed by atoms with E-state index in [0.717, 1.165) is 51.5 Å². The Balaban J connectivity index is 1.30. The number of nitrogens with one attached hydrogen (secondary N) is 3. The molecule has 1 amide bonds. The highest BCUT2D eigenvalue weighted by Crippen LogP contribution is 2.10. The molecule has 6 nitrogen and oxygen atoms in total. The highest BCUT2D eigenvalue weighted by atomic mass is 16.2. The van der Waals surface area contributed by atoms with Gasteiger partial charge in [-0.25, -0.2) is 4.98 Å². The monoisotopic (exact) mass is 369 g/mol. The van der Waals surface area contributed by atoms with Gasteiger partial charge in [0.05, 0.1) is 6.20 Å². The summed E-state index contributed by atoms with van der Waals surface area (Å²) in [6.07, 6.45) is 2.90. The number of carbonyl (C=O) groups is 1. The molecule has 1 aromatic heterocycles. The molecule has 2 heterocycles. The molecule has 3 N–H and O–H groups in total. The fourth-order valence-corrected chi connectivity index (χ4v) is 3.47. The lowest BCUT2D eigenvalue weighted by atomic mass is 10.3. The van der Waals surface area contributed by atoms with Crippen molar-refractivity contribution in [3.8, 4) is 0 Å². The zero-order valence-corrected chi connectivity index (χ0v) is 16.2. The molecule has 1 aliphatic heterocycles. The van der Waals surface area contributed by atoms with Crippen LogP contribution in [0.4, 0.5) is 11.5 Å². The molecule has 2 aromatic rings. The molecule has 1 fully saturated rings. The minimum absolute atomic E-state index is 0.159. The summed E-state index contributed by atoms with van der Waals surface area (Å²) < 4.78 is 0. The predicted molar refractivity (Wildman–Crippen MR) is 108 cm³/mol. The van der Waals surface area contributed by atoms with Gasteiger partial charge in [0.15, 0.2) is 6.54 Å². The van der Waals surface area contributed by atoms with Crippen molar-refractivity contribution in [3.05, 3.63) is 54.7 Å². The van der Waals surface area contributed by atoms with Crippen molar-refractivity contribution in [1.29, 1.82) is 0 Å². The van der Waals surface area contributed by atoms with Crippen molar-refractivity contribution in [2.45, 2.75) is 6.42 Å². The van der Waals surface area contributed by atoms with Crippen molar-refractivity contribution in [3.63, 3.8) is 0 Å². The lowest BCUT2D eigenvalue weighted by molar-refractivity contribution is -0.892. The van der Waals surface area contributed by atoms with E-state index in [2.05, 4.69) is 45.3 Å². The summed E-state index contributed by atoms with van der Waals surface area (Å²) in [4.78, 5) is 21.4. The fourth-order valence-electron chi connectivity index (χ4n) is 3.47. The van der Waals surface area contributed by atoms with E-state index in [1.54, 1.807) is 0 Å². The summed E-state index contributed by atoms with van der Waals surface area (Å²) in [7, 11) is 2.09. The molecule has 1 aliphatic rings.